The molecule has 1 aromatic rings. The molecule has 1 atom stereocenters. The number of fused-ring (bicyclic) bond motifs is 1. The fourth-order valence-corrected chi connectivity index (χ4v) is 2.86. The number of benzene rings is 1. The van der Waals surface area contributed by atoms with Gasteiger partial charge in [-0.2, -0.15) is 0 Å². The van der Waals surface area contributed by atoms with Crippen LogP contribution in [0.4, 0.5) is 0 Å². The van der Waals surface area contributed by atoms with Crippen LogP contribution in [0.15, 0.2) is 42.0 Å². The highest BCUT2D eigenvalue weighted by Gasteiger charge is 2.37. The van der Waals surface area contributed by atoms with Crippen molar-refractivity contribution in [3.8, 4) is 5.75 Å². The van der Waals surface area contributed by atoms with Gasteiger partial charge in [-0.05, 0) is 36.1 Å². The van der Waals surface area contributed by atoms with Crippen molar-refractivity contribution in [2.24, 2.45) is 5.92 Å². The van der Waals surface area contributed by atoms with Gasteiger partial charge in [0.25, 0.3) is 0 Å². The molecule has 0 aromatic heterocycles. The van der Waals surface area contributed by atoms with Crippen molar-refractivity contribution in [3.63, 3.8) is 0 Å². The van der Waals surface area contributed by atoms with Gasteiger partial charge in [-0.15, -0.1) is 0 Å². The molecule has 1 unspecified atom stereocenters. The summed E-state index contributed by atoms with van der Waals surface area (Å²) in [5.74, 6) is 0.670. The summed E-state index contributed by atoms with van der Waals surface area (Å²) in [7, 11) is 0. The van der Waals surface area contributed by atoms with Crippen molar-refractivity contribution in [3.05, 3.63) is 47.6 Å². The van der Waals surface area contributed by atoms with E-state index < -0.39 is 0 Å². The molecule has 0 saturated heterocycles. The second-order valence-electron chi connectivity index (χ2n) is 4.88. The maximum atomic E-state index is 11.9. The van der Waals surface area contributed by atoms with E-state index in [1.807, 2.05) is 12.1 Å². The minimum atomic E-state index is 0.0892. The number of phenols is 1. The summed E-state index contributed by atoms with van der Waals surface area (Å²) >= 11 is 0. The predicted molar refractivity (Wildman–Crippen MR) is 66.5 cm³/mol. The summed E-state index contributed by atoms with van der Waals surface area (Å²) in [5.41, 5.74) is 4.63. The van der Waals surface area contributed by atoms with Gasteiger partial charge in [0.2, 0.25) is 0 Å². The first-order chi connectivity index (χ1) is 8.15. The smallest absolute Gasteiger partial charge is 0.144 e. The number of ketones is 1. The van der Waals surface area contributed by atoms with Crippen molar-refractivity contribution >= 4 is 11.4 Å². The number of allylic oxidation sites excluding steroid dienone is 3. The van der Waals surface area contributed by atoms with Crippen molar-refractivity contribution in [1.29, 1.82) is 0 Å². The molecule has 2 heteroatoms. The average Bonchev–Trinajstić information content (AvgIpc) is 2.80. The molecule has 17 heavy (non-hydrogen) atoms. The Morgan fingerprint density at radius 3 is 2.59 bits per heavy atom. The Labute approximate surface area is 100 Å². The van der Waals surface area contributed by atoms with Gasteiger partial charge in [-0.25, -0.2) is 0 Å². The topological polar surface area (TPSA) is 37.3 Å². The van der Waals surface area contributed by atoms with Gasteiger partial charge in [0.1, 0.15) is 11.5 Å². The van der Waals surface area contributed by atoms with Crippen LogP contribution in [0.1, 0.15) is 24.8 Å². The lowest BCUT2D eigenvalue weighted by Gasteiger charge is -2.05. The summed E-state index contributed by atoms with van der Waals surface area (Å²) < 4.78 is 0. The Morgan fingerprint density at radius 1 is 1.18 bits per heavy atom. The Balaban J connectivity index is 2.05. The van der Waals surface area contributed by atoms with E-state index in [1.54, 1.807) is 12.1 Å². The van der Waals surface area contributed by atoms with E-state index >= 15 is 0 Å². The van der Waals surface area contributed by atoms with Gasteiger partial charge in [0.05, 0.1) is 0 Å². The van der Waals surface area contributed by atoms with E-state index in [9.17, 15) is 9.90 Å². The van der Waals surface area contributed by atoms with Crippen LogP contribution in [0.2, 0.25) is 0 Å². The predicted octanol–water partition coefficient (Wildman–Crippen LogP) is 3.08. The molecule has 0 spiro atoms. The van der Waals surface area contributed by atoms with Crippen LogP contribution >= 0.6 is 0 Å². The number of aromatic hydroxyl groups is 1. The lowest BCUT2D eigenvalue weighted by atomic mass is 10.0. The van der Waals surface area contributed by atoms with Crippen LogP contribution in [-0.2, 0) is 4.79 Å². The largest absolute Gasteiger partial charge is 0.508 e. The minimum Gasteiger partial charge on any atom is -0.508 e. The maximum Gasteiger partial charge on any atom is 0.144 e. The van der Waals surface area contributed by atoms with E-state index in [1.165, 1.54) is 5.57 Å². The fraction of sp³-hybridized carbons (Fsp3) is 0.267. The number of rotatable bonds is 1. The van der Waals surface area contributed by atoms with E-state index in [2.05, 4.69) is 6.58 Å². The van der Waals surface area contributed by atoms with E-state index in [4.69, 9.17) is 0 Å². The van der Waals surface area contributed by atoms with Crippen LogP contribution in [0.5, 0.6) is 5.75 Å². The third-order valence-electron chi connectivity index (χ3n) is 3.70. The van der Waals surface area contributed by atoms with E-state index in [0.717, 1.165) is 29.6 Å². The molecule has 0 radical (unpaired) electrons. The zero-order valence-electron chi connectivity index (χ0n) is 9.57. The summed E-state index contributed by atoms with van der Waals surface area (Å²) in [6.45, 7) is 3.99. The third-order valence-corrected chi connectivity index (χ3v) is 3.70. The van der Waals surface area contributed by atoms with Gasteiger partial charge in [0, 0.05) is 12.3 Å². The van der Waals surface area contributed by atoms with E-state index in [0.29, 0.717) is 12.2 Å². The second-order valence-corrected chi connectivity index (χ2v) is 4.88. The first kappa shape index (κ1) is 10.3. The molecular formula is C15H14O2. The molecule has 0 amide bonds. The summed E-state index contributed by atoms with van der Waals surface area (Å²) in [6, 6.07) is 7.11. The normalized spacial score (nSPS) is 23.4. The highest BCUT2D eigenvalue weighted by molar-refractivity contribution is 6.01. The molecule has 0 bridgehead atoms. The number of carbonyl (C=O) groups is 1. The molecule has 1 saturated carbocycles. The Bertz CT molecular complexity index is 535. The number of Topliss-reactive ketones (excluding diaryl/α,β-unsaturated/α-hetero) is 1. The molecule has 0 heterocycles. The summed E-state index contributed by atoms with van der Waals surface area (Å²) in [4.78, 5) is 11.9. The standard InChI is InChI=1S/C15H14O2/c1-9-6-13-12(8-15(17)14(13)7-9)10-2-4-11(16)5-3-10/h2-5,14,16H,1,6-8H2. The van der Waals surface area contributed by atoms with Gasteiger partial charge < -0.3 is 5.11 Å². The van der Waals surface area contributed by atoms with Gasteiger partial charge in [-0.3, -0.25) is 4.79 Å². The highest BCUT2D eigenvalue weighted by Crippen LogP contribution is 2.46. The van der Waals surface area contributed by atoms with Crippen molar-refractivity contribution in [2.45, 2.75) is 19.3 Å². The molecule has 2 nitrogen and oxygen atoms in total. The number of carbonyl (C=O) groups excluding carboxylic acids is 1. The quantitative estimate of drug-likeness (QED) is 0.747. The molecule has 1 fully saturated rings. The molecule has 2 aliphatic carbocycles. The summed E-state index contributed by atoms with van der Waals surface area (Å²) in [5, 5.41) is 9.28. The molecule has 1 aromatic carbocycles. The van der Waals surface area contributed by atoms with Crippen LogP contribution in [0, 0.1) is 5.92 Å². The van der Waals surface area contributed by atoms with Crippen LogP contribution in [-0.4, -0.2) is 10.9 Å². The first-order valence-electron chi connectivity index (χ1n) is 5.86. The number of hydrogen-bond donors (Lipinski definition) is 1. The third kappa shape index (κ3) is 1.60. The monoisotopic (exact) mass is 226 g/mol. The van der Waals surface area contributed by atoms with Crippen LogP contribution < -0.4 is 0 Å². The van der Waals surface area contributed by atoms with Gasteiger partial charge in [-0.1, -0.05) is 29.9 Å². The lowest BCUT2D eigenvalue weighted by molar-refractivity contribution is -0.119. The lowest BCUT2D eigenvalue weighted by Crippen LogP contribution is -2.04. The van der Waals surface area contributed by atoms with Gasteiger partial charge in [0.15, 0.2) is 0 Å². The van der Waals surface area contributed by atoms with Crippen molar-refractivity contribution < 1.29 is 9.90 Å². The maximum absolute atomic E-state index is 11.9. The number of hydrogen-bond acceptors (Lipinski definition) is 2. The SMILES string of the molecule is C=C1CC2=C(c3ccc(O)cc3)CC(=O)C2C1. The minimum absolute atomic E-state index is 0.0892. The van der Waals surface area contributed by atoms with Gasteiger partial charge >= 0.3 is 0 Å². The summed E-state index contributed by atoms with van der Waals surface area (Å²) in [6.07, 6.45) is 2.24. The zero-order valence-corrected chi connectivity index (χ0v) is 9.57. The van der Waals surface area contributed by atoms with Crippen LogP contribution in [0.3, 0.4) is 0 Å². The molecule has 2 aliphatic rings. The zero-order chi connectivity index (χ0) is 12.0. The average molecular weight is 226 g/mol. The second kappa shape index (κ2) is 3.59. The fourth-order valence-electron chi connectivity index (χ4n) is 2.86. The molecular weight excluding hydrogens is 212 g/mol. The van der Waals surface area contributed by atoms with Crippen molar-refractivity contribution in [2.75, 3.05) is 0 Å². The number of phenolic OH excluding ortho intramolecular Hbond substituents is 1. The molecule has 0 aliphatic heterocycles. The molecule has 86 valence electrons. The van der Waals surface area contributed by atoms with Crippen molar-refractivity contribution in [1.82, 2.24) is 0 Å². The molecule has 3 rings (SSSR count). The Kier molecular flexibility index (Phi) is 2.18. The Morgan fingerprint density at radius 2 is 1.88 bits per heavy atom. The highest BCUT2D eigenvalue weighted by atomic mass is 16.3. The first-order valence-corrected chi connectivity index (χ1v) is 5.86. The molecule has 1 N–H and O–H groups in total. The van der Waals surface area contributed by atoms with Crippen LogP contribution in [0.25, 0.3) is 5.57 Å². The Hall–Kier alpha value is -1.83. The van der Waals surface area contributed by atoms with E-state index in [-0.39, 0.29) is 11.7 Å².